The molecule has 0 aromatic carbocycles. The molecule has 2 saturated heterocycles. The minimum Gasteiger partial charge on any atom is -0.361 e. The van der Waals surface area contributed by atoms with Crippen LogP contribution in [0.4, 0.5) is 0 Å². The lowest BCUT2D eigenvalue weighted by Gasteiger charge is -2.34. The van der Waals surface area contributed by atoms with Gasteiger partial charge in [0.15, 0.2) is 0 Å². The fourth-order valence-electron chi connectivity index (χ4n) is 5.13. The fraction of sp³-hybridized carbons (Fsp3) is 0.800. The van der Waals surface area contributed by atoms with E-state index in [2.05, 4.69) is 15.0 Å². The van der Waals surface area contributed by atoms with Gasteiger partial charge in [-0.1, -0.05) is 24.4 Å². The van der Waals surface area contributed by atoms with Gasteiger partial charge < -0.3 is 9.42 Å². The Balaban J connectivity index is 1.35. The van der Waals surface area contributed by atoms with E-state index in [-0.39, 0.29) is 0 Å². The molecule has 0 spiro atoms. The van der Waals surface area contributed by atoms with Gasteiger partial charge >= 0.3 is 0 Å². The van der Waals surface area contributed by atoms with Crippen LogP contribution < -0.4 is 0 Å². The van der Waals surface area contributed by atoms with Gasteiger partial charge in [0, 0.05) is 37.7 Å². The number of nitrogens with zero attached hydrogens (tertiary/aromatic N) is 3. The molecule has 5 heteroatoms. The monoisotopic (exact) mass is 345 g/mol. The van der Waals surface area contributed by atoms with Gasteiger partial charge in [-0.3, -0.25) is 9.69 Å². The Morgan fingerprint density at radius 2 is 1.84 bits per heavy atom. The van der Waals surface area contributed by atoms with E-state index in [0.717, 1.165) is 57.0 Å². The predicted octanol–water partition coefficient (Wildman–Crippen LogP) is 3.15. The van der Waals surface area contributed by atoms with Crippen molar-refractivity contribution in [3.05, 3.63) is 17.0 Å². The highest BCUT2D eigenvalue weighted by Crippen LogP contribution is 2.34. The lowest BCUT2D eigenvalue weighted by molar-refractivity contribution is -0.135. The van der Waals surface area contributed by atoms with E-state index < -0.39 is 0 Å². The molecule has 1 amide bonds. The van der Waals surface area contributed by atoms with Crippen molar-refractivity contribution in [1.29, 1.82) is 0 Å². The minimum atomic E-state index is 0.312. The number of amides is 1. The number of likely N-dealkylation sites (tertiary alicyclic amines) is 2. The van der Waals surface area contributed by atoms with Crippen molar-refractivity contribution in [1.82, 2.24) is 15.0 Å². The van der Waals surface area contributed by atoms with Crippen molar-refractivity contribution in [2.24, 2.45) is 17.8 Å². The van der Waals surface area contributed by atoms with Crippen LogP contribution in [0.5, 0.6) is 0 Å². The molecule has 0 bridgehead atoms. The first kappa shape index (κ1) is 17.1. The van der Waals surface area contributed by atoms with E-state index in [9.17, 15) is 4.79 Å². The van der Waals surface area contributed by atoms with E-state index in [1.54, 1.807) is 0 Å². The summed E-state index contributed by atoms with van der Waals surface area (Å²) < 4.78 is 5.31. The van der Waals surface area contributed by atoms with Crippen LogP contribution >= 0.6 is 0 Å². The lowest BCUT2D eigenvalue weighted by Crippen LogP contribution is -2.39. The summed E-state index contributed by atoms with van der Waals surface area (Å²) in [5.41, 5.74) is 2.26. The van der Waals surface area contributed by atoms with Gasteiger partial charge in [0.1, 0.15) is 5.76 Å². The molecular formula is C20H31N3O2. The van der Waals surface area contributed by atoms with Gasteiger partial charge in [-0.15, -0.1) is 0 Å². The third-order valence-corrected chi connectivity index (χ3v) is 6.71. The Labute approximate surface area is 150 Å². The first-order chi connectivity index (χ1) is 12.1. The Kier molecular flexibility index (Phi) is 4.85. The zero-order valence-electron chi connectivity index (χ0n) is 15.7. The second-order valence-corrected chi connectivity index (χ2v) is 8.42. The van der Waals surface area contributed by atoms with Gasteiger partial charge in [0.05, 0.1) is 5.69 Å². The Morgan fingerprint density at radius 1 is 1.08 bits per heavy atom. The maximum atomic E-state index is 12.9. The summed E-state index contributed by atoms with van der Waals surface area (Å²) in [7, 11) is 0. The highest BCUT2D eigenvalue weighted by molar-refractivity contribution is 5.79. The number of aryl methyl sites for hydroxylation is 2. The first-order valence-electron chi connectivity index (χ1n) is 10.0. The van der Waals surface area contributed by atoms with Crippen LogP contribution in [0.25, 0.3) is 0 Å². The van der Waals surface area contributed by atoms with E-state index in [1.165, 1.54) is 31.2 Å². The Morgan fingerprint density at radius 3 is 2.56 bits per heavy atom. The molecule has 1 saturated carbocycles. The van der Waals surface area contributed by atoms with Crippen molar-refractivity contribution in [2.45, 2.75) is 58.9 Å². The summed E-state index contributed by atoms with van der Waals surface area (Å²) in [6.45, 7) is 9.15. The molecule has 4 rings (SSSR count). The van der Waals surface area contributed by atoms with E-state index in [0.29, 0.717) is 23.7 Å². The van der Waals surface area contributed by atoms with Crippen LogP contribution in [0, 0.1) is 31.6 Å². The second-order valence-electron chi connectivity index (χ2n) is 8.42. The number of hydrogen-bond donors (Lipinski definition) is 0. The van der Waals surface area contributed by atoms with Crippen LogP contribution in [0.1, 0.15) is 55.5 Å². The van der Waals surface area contributed by atoms with Crippen molar-refractivity contribution in [2.75, 3.05) is 26.2 Å². The summed E-state index contributed by atoms with van der Waals surface area (Å²) in [5, 5.41) is 4.08. The maximum absolute atomic E-state index is 12.9. The van der Waals surface area contributed by atoms with Crippen molar-refractivity contribution in [3.8, 4) is 0 Å². The summed E-state index contributed by atoms with van der Waals surface area (Å²) in [4.78, 5) is 17.6. The largest absolute Gasteiger partial charge is 0.361 e. The van der Waals surface area contributed by atoms with Gasteiger partial charge in [-0.2, -0.15) is 0 Å². The molecule has 1 aliphatic carbocycles. The number of rotatable bonds is 3. The SMILES string of the molecule is Cc1noc(C)c1CN1CC[C@H]2CN(C(=O)C3CCCCC3)C[C@H]2C1. The van der Waals surface area contributed by atoms with Crippen molar-refractivity contribution >= 4 is 5.91 Å². The number of piperidine rings is 1. The second kappa shape index (κ2) is 7.10. The average Bonchev–Trinajstić information content (AvgIpc) is 3.20. The Bertz CT molecular complexity index is 601. The van der Waals surface area contributed by atoms with Crippen LogP contribution in [-0.2, 0) is 11.3 Å². The minimum absolute atomic E-state index is 0.312. The van der Waals surface area contributed by atoms with E-state index in [1.807, 2.05) is 13.8 Å². The molecular weight excluding hydrogens is 314 g/mol. The molecule has 2 atom stereocenters. The molecule has 1 aromatic rings. The molecule has 5 nitrogen and oxygen atoms in total. The van der Waals surface area contributed by atoms with Crippen LogP contribution in [0.2, 0.25) is 0 Å². The van der Waals surface area contributed by atoms with Gasteiger partial charge in [-0.25, -0.2) is 0 Å². The van der Waals surface area contributed by atoms with E-state index >= 15 is 0 Å². The molecule has 2 aliphatic heterocycles. The average molecular weight is 345 g/mol. The third kappa shape index (κ3) is 3.48. The third-order valence-electron chi connectivity index (χ3n) is 6.71. The van der Waals surface area contributed by atoms with Gasteiger partial charge in [-0.05, 0) is 51.5 Å². The first-order valence-corrected chi connectivity index (χ1v) is 10.0. The molecule has 0 unspecified atom stereocenters. The molecule has 138 valence electrons. The quantitative estimate of drug-likeness (QED) is 0.844. The van der Waals surface area contributed by atoms with Gasteiger partial charge in [0.2, 0.25) is 5.91 Å². The van der Waals surface area contributed by atoms with Crippen molar-refractivity contribution < 1.29 is 9.32 Å². The van der Waals surface area contributed by atoms with Crippen molar-refractivity contribution in [3.63, 3.8) is 0 Å². The van der Waals surface area contributed by atoms with Crippen LogP contribution in [0.3, 0.4) is 0 Å². The number of carbonyl (C=O) groups is 1. The molecule has 1 aromatic heterocycles. The summed E-state index contributed by atoms with van der Waals surface area (Å²) >= 11 is 0. The highest BCUT2D eigenvalue weighted by Gasteiger charge is 2.40. The lowest BCUT2D eigenvalue weighted by atomic mass is 9.88. The molecule has 0 radical (unpaired) electrons. The standard InChI is InChI=1S/C20H31N3O2/c1-14-19(15(2)25-21-14)13-22-9-8-17-11-23(12-18(17)10-22)20(24)16-6-4-3-5-7-16/h16-18H,3-13H2,1-2H3/t17-,18+/m0/s1. The predicted molar refractivity (Wildman–Crippen MR) is 96.0 cm³/mol. The summed E-state index contributed by atoms with van der Waals surface area (Å²) in [6.07, 6.45) is 7.23. The zero-order valence-corrected chi connectivity index (χ0v) is 15.7. The smallest absolute Gasteiger partial charge is 0.225 e. The number of hydrogen-bond acceptors (Lipinski definition) is 4. The Hall–Kier alpha value is -1.36. The number of carbonyl (C=O) groups excluding carboxylic acids is 1. The fourth-order valence-corrected chi connectivity index (χ4v) is 5.13. The number of fused-ring (bicyclic) bond motifs is 1. The van der Waals surface area contributed by atoms with Gasteiger partial charge in [0.25, 0.3) is 0 Å². The molecule has 0 N–H and O–H groups in total. The topological polar surface area (TPSA) is 49.6 Å². The van der Waals surface area contributed by atoms with E-state index in [4.69, 9.17) is 4.52 Å². The highest BCUT2D eigenvalue weighted by atomic mass is 16.5. The summed E-state index contributed by atoms with van der Waals surface area (Å²) in [6, 6.07) is 0. The summed E-state index contributed by atoms with van der Waals surface area (Å²) in [5.74, 6) is 3.05. The maximum Gasteiger partial charge on any atom is 0.225 e. The molecule has 3 fully saturated rings. The zero-order chi connectivity index (χ0) is 17.4. The van der Waals surface area contributed by atoms with Crippen LogP contribution in [0.15, 0.2) is 4.52 Å². The molecule has 3 heterocycles. The molecule has 25 heavy (non-hydrogen) atoms. The molecule has 3 aliphatic rings. The van der Waals surface area contributed by atoms with Crippen LogP contribution in [-0.4, -0.2) is 47.0 Å². The number of aromatic nitrogens is 1. The normalized spacial score (nSPS) is 28.3.